The summed E-state index contributed by atoms with van der Waals surface area (Å²) in [5, 5.41) is 15.7. The van der Waals surface area contributed by atoms with Gasteiger partial charge in [-0.1, -0.05) is 25.9 Å². The molecule has 1 aromatic rings. The Morgan fingerprint density at radius 3 is 2.71 bits per heavy atom. The van der Waals surface area contributed by atoms with Gasteiger partial charge in [0.1, 0.15) is 6.04 Å². The summed E-state index contributed by atoms with van der Waals surface area (Å²) in [7, 11) is 0. The number of aliphatic carboxylic acids is 1. The molecule has 6 nitrogen and oxygen atoms in total. The number of nitrogens with one attached hydrogen (secondary N) is 1. The maximum Gasteiger partial charge on any atom is 0.320 e. The lowest BCUT2D eigenvalue weighted by atomic mass is 10.0. The average Bonchev–Trinajstić information content (AvgIpc) is 2.71. The number of rotatable bonds is 7. The van der Waals surface area contributed by atoms with Crippen LogP contribution in [0.3, 0.4) is 0 Å². The van der Waals surface area contributed by atoms with Crippen molar-refractivity contribution in [2.75, 3.05) is 0 Å². The van der Waals surface area contributed by atoms with Gasteiger partial charge in [-0.15, -0.1) is 0 Å². The van der Waals surface area contributed by atoms with Gasteiger partial charge < -0.3 is 9.63 Å². The van der Waals surface area contributed by atoms with Gasteiger partial charge in [0.05, 0.1) is 6.54 Å². The van der Waals surface area contributed by atoms with Crippen molar-refractivity contribution in [1.82, 2.24) is 15.5 Å². The smallest absolute Gasteiger partial charge is 0.320 e. The molecule has 1 unspecified atom stereocenters. The van der Waals surface area contributed by atoms with E-state index in [-0.39, 0.29) is 6.54 Å². The Balaban J connectivity index is 2.48. The molecular formula is C11H19N3O3. The van der Waals surface area contributed by atoms with Crippen LogP contribution in [0, 0.1) is 5.92 Å². The van der Waals surface area contributed by atoms with Crippen LogP contribution in [0.4, 0.5) is 0 Å². The summed E-state index contributed by atoms with van der Waals surface area (Å²) in [4.78, 5) is 15.1. The minimum absolute atomic E-state index is 0.288. The van der Waals surface area contributed by atoms with E-state index >= 15 is 0 Å². The van der Waals surface area contributed by atoms with Gasteiger partial charge in [0.25, 0.3) is 0 Å². The van der Waals surface area contributed by atoms with Gasteiger partial charge in [0.15, 0.2) is 5.82 Å². The molecule has 0 fully saturated rings. The van der Waals surface area contributed by atoms with Crippen LogP contribution in [0.1, 0.15) is 38.9 Å². The molecule has 1 heterocycles. The molecule has 0 aliphatic carbocycles. The molecule has 0 saturated heterocycles. The lowest BCUT2D eigenvalue weighted by Gasteiger charge is -2.14. The van der Waals surface area contributed by atoms with E-state index in [4.69, 9.17) is 9.63 Å². The molecule has 0 aliphatic heterocycles. The SMILES string of the molecule is CCc1noc(CNC(CC(C)C)C(=O)O)n1. The highest BCUT2D eigenvalue weighted by Gasteiger charge is 2.19. The van der Waals surface area contributed by atoms with Gasteiger partial charge in [-0.25, -0.2) is 0 Å². The van der Waals surface area contributed by atoms with Crippen LogP contribution in [0.5, 0.6) is 0 Å². The normalized spacial score (nSPS) is 12.9. The Morgan fingerprint density at radius 2 is 2.24 bits per heavy atom. The number of carboxylic acids is 1. The summed E-state index contributed by atoms with van der Waals surface area (Å²) in [5.74, 6) is 0.529. The van der Waals surface area contributed by atoms with Gasteiger partial charge >= 0.3 is 5.97 Å². The van der Waals surface area contributed by atoms with Crippen molar-refractivity contribution in [3.8, 4) is 0 Å². The Morgan fingerprint density at radius 1 is 1.53 bits per heavy atom. The van der Waals surface area contributed by atoms with E-state index in [1.165, 1.54) is 0 Å². The van der Waals surface area contributed by atoms with Crippen LogP contribution in [0.15, 0.2) is 4.52 Å². The standard InChI is InChI=1S/C11H19N3O3/c1-4-9-13-10(17-14-9)6-12-8(11(15)16)5-7(2)3/h7-8,12H,4-6H2,1-3H3,(H,15,16). The third-order valence-electron chi connectivity index (χ3n) is 2.33. The second-order valence-electron chi connectivity index (χ2n) is 4.36. The minimum atomic E-state index is -0.853. The number of hydrogen-bond donors (Lipinski definition) is 2. The van der Waals surface area contributed by atoms with Gasteiger partial charge in [-0.2, -0.15) is 4.98 Å². The molecule has 0 radical (unpaired) electrons. The fourth-order valence-electron chi connectivity index (χ4n) is 1.46. The highest BCUT2D eigenvalue weighted by molar-refractivity contribution is 5.73. The van der Waals surface area contributed by atoms with Crippen LogP contribution in [0.25, 0.3) is 0 Å². The summed E-state index contributed by atoms with van der Waals surface area (Å²) in [5.41, 5.74) is 0. The minimum Gasteiger partial charge on any atom is -0.480 e. The van der Waals surface area contributed by atoms with Crippen molar-refractivity contribution >= 4 is 5.97 Å². The molecule has 1 atom stereocenters. The maximum atomic E-state index is 11.0. The van der Waals surface area contributed by atoms with Gasteiger partial charge in [0.2, 0.25) is 5.89 Å². The van der Waals surface area contributed by atoms with E-state index in [2.05, 4.69) is 15.5 Å². The molecular weight excluding hydrogens is 222 g/mol. The van der Waals surface area contributed by atoms with E-state index < -0.39 is 12.0 Å². The van der Waals surface area contributed by atoms with Crippen molar-refractivity contribution in [2.24, 2.45) is 5.92 Å². The Hall–Kier alpha value is -1.43. The van der Waals surface area contributed by atoms with Crippen LogP contribution < -0.4 is 5.32 Å². The fourth-order valence-corrected chi connectivity index (χ4v) is 1.46. The van der Waals surface area contributed by atoms with Crippen molar-refractivity contribution in [3.63, 3.8) is 0 Å². The third-order valence-corrected chi connectivity index (χ3v) is 2.33. The second kappa shape index (κ2) is 6.34. The molecule has 2 N–H and O–H groups in total. The Bertz CT molecular complexity index is 363. The van der Waals surface area contributed by atoms with E-state index in [1.54, 1.807) is 0 Å². The summed E-state index contributed by atoms with van der Waals surface area (Å²) in [6.45, 7) is 6.19. The molecule has 0 aliphatic rings. The van der Waals surface area contributed by atoms with Crippen LogP contribution in [0.2, 0.25) is 0 Å². The number of hydrogen-bond acceptors (Lipinski definition) is 5. The zero-order valence-corrected chi connectivity index (χ0v) is 10.4. The predicted molar refractivity (Wildman–Crippen MR) is 61.4 cm³/mol. The number of aromatic nitrogens is 2. The Kier molecular flexibility index (Phi) is 5.09. The summed E-state index contributed by atoms with van der Waals surface area (Å²) < 4.78 is 4.97. The van der Waals surface area contributed by atoms with Crippen molar-refractivity contribution in [3.05, 3.63) is 11.7 Å². The predicted octanol–water partition coefficient (Wildman–Crippen LogP) is 1.22. The number of carbonyl (C=O) groups is 1. The first-order valence-electron chi connectivity index (χ1n) is 5.80. The lowest BCUT2D eigenvalue weighted by Crippen LogP contribution is -2.37. The first-order valence-corrected chi connectivity index (χ1v) is 5.80. The second-order valence-corrected chi connectivity index (χ2v) is 4.36. The molecule has 0 amide bonds. The zero-order chi connectivity index (χ0) is 12.8. The van der Waals surface area contributed by atoms with E-state index in [1.807, 2.05) is 20.8 Å². The molecule has 0 saturated carbocycles. The lowest BCUT2D eigenvalue weighted by molar-refractivity contribution is -0.140. The molecule has 1 aromatic heterocycles. The maximum absolute atomic E-state index is 11.0. The number of aryl methyl sites for hydroxylation is 1. The molecule has 6 heteroatoms. The third kappa shape index (κ3) is 4.52. The first-order chi connectivity index (χ1) is 8.02. The van der Waals surface area contributed by atoms with E-state index in [0.717, 1.165) is 0 Å². The van der Waals surface area contributed by atoms with Crippen LogP contribution in [-0.2, 0) is 17.8 Å². The highest BCUT2D eigenvalue weighted by Crippen LogP contribution is 2.06. The molecule has 0 spiro atoms. The van der Waals surface area contributed by atoms with Crippen LogP contribution >= 0.6 is 0 Å². The molecule has 0 aromatic carbocycles. The van der Waals surface area contributed by atoms with Gasteiger partial charge in [0, 0.05) is 6.42 Å². The summed E-state index contributed by atoms with van der Waals surface area (Å²) in [6.07, 6.45) is 1.28. The monoisotopic (exact) mass is 241 g/mol. The highest BCUT2D eigenvalue weighted by atomic mass is 16.5. The largest absolute Gasteiger partial charge is 0.480 e. The summed E-state index contributed by atoms with van der Waals surface area (Å²) >= 11 is 0. The zero-order valence-electron chi connectivity index (χ0n) is 10.4. The quantitative estimate of drug-likeness (QED) is 0.746. The van der Waals surface area contributed by atoms with E-state index in [9.17, 15) is 4.79 Å². The molecule has 17 heavy (non-hydrogen) atoms. The first kappa shape index (κ1) is 13.6. The fraction of sp³-hybridized carbons (Fsp3) is 0.727. The van der Waals surface area contributed by atoms with Gasteiger partial charge in [-0.3, -0.25) is 10.1 Å². The molecule has 1 rings (SSSR count). The molecule has 0 bridgehead atoms. The van der Waals surface area contributed by atoms with Gasteiger partial charge in [-0.05, 0) is 12.3 Å². The number of nitrogens with zero attached hydrogens (tertiary/aromatic N) is 2. The van der Waals surface area contributed by atoms with E-state index in [0.29, 0.717) is 30.5 Å². The number of carboxylic acid groups (broad SMARTS) is 1. The average molecular weight is 241 g/mol. The molecule has 96 valence electrons. The summed E-state index contributed by atoms with van der Waals surface area (Å²) in [6, 6.07) is -0.577. The van der Waals surface area contributed by atoms with Crippen molar-refractivity contribution in [2.45, 2.75) is 46.2 Å². The Labute approximate surface area is 100 Å². The van der Waals surface area contributed by atoms with Crippen molar-refractivity contribution < 1.29 is 14.4 Å². The topological polar surface area (TPSA) is 88.2 Å². The van der Waals surface area contributed by atoms with Crippen molar-refractivity contribution in [1.29, 1.82) is 0 Å². The van der Waals surface area contributed by atoms with Crippen LogP contribution in [-0.4, -0.2) is 27.3 Å².